The highest BCUT2D eigenvalue weighted by atomic mass is 35.5. The molecule has 2 aromatic carbocycles. The Balaban J connectivity index is 2.40. The summed E-state index contributed by atoms with van der Waals surface area (Å²) in [5.74, 6) is 0. The average Bonchev–Trinajstić information content (AvgIpc) is 2.40. The molecule has 2 rings (SSSR count). The molecule has 98 valence electrons. The summed E-state index contributed by atoms with van der Waals surface area (Å²) in [5, 5.41) is 0. The van der Waals surface area contributed by atoms with E-state index >= 15 is 0 Å². The molecule has 0 aliphatic heterocycles. The molecule has 0 bridgehead atoms. The molecular formula is C15H13ClO2S. The summed E-state index contributed by atoms with van der Waals surface area (Å²) in [7, 11) is -3.63. The van der Waals surface area contributed by atoms with Gasteiger partial charge in [-0.25, -0.2) is 8.42 Å². The van der Waals surface area contributed by atoms with E-state index in [4.69, 9.17) is 11.6 Å². The summed E-state index contributed by atoms with van der Waals surface area (Å²) in [6.45, 7) is 1.90. The van der Waals surface area contributed by atoms with Gasteiger partial charge in [-0.05, 0) is 30.7 Å². The maximum atomic E-state index is 12.2. The molecule has 0 aliphatic rings. The maximum Gasteiger partial charge on any atom is 0.217 e. The van der Waals surface area contributed by atoms with E-state index in [1.165, 1.54) is 6.08 Å². The Morgan fingerprint density at radius 2 is 1.58 bits per heavy atom. The highest BCUT2D eigenvalue weighted by Gasteiger charge is 2.18. The minimum atomic E-state index is -3.63. The first-order valence-corrected chi connectivity index (χ1v) is 7.60. The zero-order valence-corrected chi connectivity index (χ0v) is 11.9. The lowest BCUT2D eigenvalue weighted by Gasteiger charge is -2.03. The summed E-state index contributed by atoms with van der Waals surface area (Å²) in [6.07, 6.45) is 1.46. The van der Waals surface area contributed by atoms with E-state index in [1.807, 2.05) is 25.1 Å². The lowest BCUT2D eigenvalue weighted by atomic mass is 10.2. The van der Waals surface area contributed by atoms with Gasteiger partial charge in [-0.15, -0.1) is 0 Å². The fourth-order valence-electron chi connectivity index (χ4n) is 1.59. The van der Waals surface area contributed by atoms with Gasteiger partial charge >= 0.3 is 0 Å². The van der Waals surface area contributed by atoms with Crippen LogP contribution in [0.15, 0.2) is 63.9 Å². The third kappa shape index (κ3) is 3.25. The SMILES string of the molecule is Cc1ccc(S(=O)(=O)C(Cl)=Cc2ccccc2)cc1. The molecule has 4 heteroatoms. The van der Waals surface area contributed by atoms with E-state index < -0.39 is 9.84 Å². The minimum absolute atomic E-state index is 0.178. The molecule has 0 unspecified atom stereocenters. The Kier molecular flexibility index (Phi) is 4.08. The van der Waals surface area contributed by atoms with Gasteiger partial charge in [0.25, 0.3) is 0 Å². The van der Waals surface area contributed by atoms with Crippen molar-refractivity contribution >= 4 is 27.5 Å². The largest absolute Gasteiger partial charge is 0.218 e. The van der Waals surface area contributed by atoms with Gasteiger partial charge < -0.3 is 0 Å². The summed E-state index contributed by atoms with van der Waals surface area (Å²) in [5.41, 5.74) is 1.75. The Morgan fingerprint density at radius 3 is 2.16 bits per heavy atom. The molecule has 0 aliphatic carbocycles. The van der Waals surface area contributed by atoms with E-state index in [1.54, 1.807) is 36.4 Å². The molecule has 0 saturated heterocycles. The van der Waals surface area contributed by atoms with E-state index in [2.05, 4.69) is 0 Å². The zero-order chi connectivity index (χ0) is 13.9. The Hall–Kier alpha value is -1.58. The molecule has 0 N–H and O–H groups in total. The van der Waals surface area contributed by atoms with Crippen molar-refractivity contribution in [2.45, 2.75) is 11.8 Å². The maximum absolute atomic E-state index is 12.2. The van der Waals surface area contributed by atoms with Gasteiger partial charge in [0, 0.05) is 0 Å². The smallest absolute Gasteiger partial charge is 0.217 e. The highest BCUT2D eigenvalue weighted by Crippen LogP contribution is 2.24. The van der Waals surface area contributed by atoms with E-state index in [9.17, 15) is 8.42 Å². The van der Waals surface area contributed by atoms with Crippen LogP contribution in [0.5, 0.6) is 0 Å². The number of aryl methyl sites for hydroxylation is 1. The molecule has 2 nitrogen and oxygen atoms in total. The van der Waals surface area contributed by atoms with Gasteiger partial charge in [0.15, 0.2) is 0 Å². The molecule has 0 atom stereocenters. The summed E-state index contributed by atoms with van der Waals surface area (Å²) in [6, 6.07) is 15.7. The molecule has 0 radical (unpaired) electrons. The first kappa shape index (κ1) is 13.8. The fourth-order valence-corrected chi connectivity index (χ4v) is 2.99. The van der Waals surface area contributed by atoms with E-state index in [0.29, 0.717) is 0 Å². The number of sulfone groups is 1. The van der Waals surface area contributed by atoms with Crippen LogP contribution in [0.25, 0.3) is 6.08 Å². The quantitative estimate of drug-likeness (QED) is 0.856. The fraction of sp³-hybridized carbons (Fsp3) is 0.0667. The van der Waals surface area contributed by atoms with Gasteiger partial charge in [0.2, 0.25) is 9.84 Å². The second-order valence-electron chi connectivity index (χ2n) is 4.18. The second kappa shape index (κ2) is 5.59. The number of hydrogen-bond acceptors (Lipinski definition) is 2. The van der Waals surface area contributed by atoms with Crippen molar-refractivity contribution in [3.63, 3.8) is 0 Å². The van der Waals surface area contributed by atoms with Gasteiger partial charge in [0.05, 0.1) is 4.90 Å². The van der Waals surface area contributed by atoms with Crippen LogP contribution in [-0.2, 0) is 9.84 Å². The topological polar surface area (TPSA) is 34.1 Å². The van der Waals surface area contributed by atoms with Crippen LogP contribution < -0.4 is 0 Å². The van der Waals surface area contributed by atoms with Crippen LogP contribution >= 0.6 is 11.6 Å². The molecule has 19 heavy (non-hydrogen) atoms. The number of hydrogen-bond donors (Lipinski definition) is 0. The number of rotatable bonds is 3. The van der Waals surface area contributed by atoms with Crippen LogP contribution in [0.1, 0.15) is 11.1 Å². The third-order valence-electron chi connectivity index (χ3n) is 2.67. The highest BCUT2D eigenvalue weighted by molar-refractivity contribution is 7.97. The van der Waals surface area contributed by atoms with Crippen molar-refractivity contribution in [2.24, 2.45) is 0 Å². The molecular weight excluding hydrogens is 280 g/mol. The first-order valence-electron chi connectivity index (χ1n) is 5.74. The van der Waals surface area contributed by atoms with Crippen molar-refractivity contribution in [2.75, 3.05) is 0 Å². The third-order valence-corrected chi connectivity index (χ3v) is 4.91. The normalized spacial score (nSPS) is 12.4. The Morgan fingerprint density at radius 1 is 1.00 bits per heavy atom. The minimum Gasteiger partial charge on any atom is -0.218 e. The molecule has 0 heterocycles. The first-order chi connectivity index (χ1) is 9.00. The monoisotopic (exact) mass is 292 g/mol. The van der Waals surface area contributed by atoms with E-state index in [-0.39, 0.29) is 9.26 Å². The Labute approximate surface area is 118 Å². The van der Waals surface area contributed by atoms with Crippen LogP contribution in [0.2, 0.25) is 0 Å². The van der Waals surface area contributed by atoms with Gasteiger partial charge in [0.1, 0.15) is 4.36 Å². The lowest BCUT2D eigenvalue weighted by molar-refractivity contribution is 0.604. The summed E-state index contributed by atoms with van der Waals surface area (Å²) >= 11 is 5.95. The van der Waals surface area contributed by atoms with Crippen LogP contribution in [0.4, 0.5) is 0 Å². The molecule has 2 aromatic rings. The van der Waals surface area contributed by atoms with Crippen LogP contribution in [0, 0.1) is 6.92 Å². The standard InChI is InChI=1S/C15H13ClO2S/c1-12-7-9-14(10-8-12)19(17,18)15(16)11-13-5-3-2-4-6-13/h2-11H,1H3. The average molecular weight is 293 g/mol. The van der Waals surface area contributed by atoms with Gasteiger partial charge in [-0.1, -0.05) is 59.6 Å². The molecule has 0 aromatic heterocycles. The van der Waals surface area contributed by atoms with Crippen molar-refractivity contribution in [3.05, 3.63) is 70.1 Å². The number of benzene rings is 2. The predicted octanol–water partition coefficient (Wildman–Crippen LogP) is 4.01. The van der Waals surface area contributed by atoms with Crippen LogP contribution in [-0.4, -0.2) is 8.42 Å². The lowest BCUT2D eigenvalue weighted by Crippen LogP contribution is -2.00. The van der Waals surface area contributed by atoms with Crippen molar-refractivity contribution in [1.29, 1.82) is 0 Å². The van der Waals surface area contributed by atoms with Gasteiger partial charge in [-0.2, -0.15) is 0 Å². The Bertz CT molecular complexity index is 687. The van der Waals surface area contributed by atoms with Gasteiger partial charge in [-0.3, -0.25) is 0 Å². The summed E-state index contributed by atoms with van der Waals surface area (Å²) in [4.78, 5) is 0.204. The molecule has 0 fully saturated rings. The predicted molar refractivity (Wildman–Crippen MR) is 78.6 cm³/mol. The number of halogens is 1. The zero-order valence-electron chi connectivity index (χ0n) is 10.4. The molecule has 0 saturated carbocycles. The van der Waals surface area contributed by atoms with Crippen LogP contribution in [0.3, 0.4) is 0 Å². The van der Waals surface area contributed by atoms with E-state index in [0.717, 1.165) is 11.1 Å². The van der Waals surface area contributed by atoms with Crippen molar-refractivity contribution in [1.82, 2.24) is 0 Å². The van der Waals surface area contributed by atoms with Crippen molar-refractivity contribution < 1.29 is 8.42 Å². The molecule has 0 spiro atoms. The molecule has 0 amide bonds. The second-order valence-corrected chi connectivity index (χ2v) is 6.73. The van der Waals surface area contributed by atoms with Crippen molar-refractivity contribution in [3.8, 4) is 0 Å². The summed E-state index contributed by atoms with van der Waals surface area (Å²) < 4.78 is 24.3.